The van der Waals surface area contributed by atoms with Gasteiger partial charge in [-0.2, -0.15) is 4.68 Å². The number of nitrogens with zero attached hydrogens (tertiary/aromatic N) is 7. The van der Waals surface area contributed by atoms with Gasteiger partial charge in [0.15, 0.2) is 5.82 Å². The predicted molar refractivity (Wildman–Crippen MR) is 92.0 cm³/mol. The molecule has 3 rings (SSSR count). The Morgan fingerprint density at radius 2 is 1.84 bits per heavy atom. The first-order chi connectivity index (χ1) is 11.9. The summed E-state index contributed by atoms with van der Waals surface area (Å²) in [4.78, 5) is 0. The Morgan fingerprint density at radius 1 is 1.08 bits per heavy atom. The highest BCUT2D eigenvalue weighted by molar-refractivity contribution is 5.30. The van der Waals surface area contributed by atoms with Crippen LogP contribution in [0.5, 0.6) is 0 Å². The zero-order valence-corrected chi connectivity index (χ0v) is 14.7. The Bertz CT molecular complexity index is 804. The van der Waals surface area contributed by atoms with Gasteiger partial charge >= 0.3 is 0 Å². The van der Waals surface area contributed by atoms with Gasteiger partial charge in [-0.25, -0.2) is 0 Å². The first kappa shape index (κ1) is 17.2. The molecule has 0 fully saturated rings. The van der Waals surface area contributed by atoms with Crippen molar-refractivity contribution in [2.24, 2.45) is 5.41 Å². The first-order valence-corrected chi connectivity index (χ1v) is 8.33. The van der Waals surface area contributed by atoms with E-state index < -0.39 is 6.10 Å². The fourth-order valence-electron chi connectivity index (χ4n) is 2.39. The number of aliphatic hydroxyl groups excluding tert-OH is 1. The zero-order chi connectivity index (χ0) is 17.9. The minimum absolute atomic E-state index is 0.179. The number of benzene rings is 1. The Balaban J connectivity index is 1.63. The van der Waals surface area contributed by atoms with Gasteiger partial charge in [0.25, 0.3) is 0 Å². The summed E-state index contributed by atoms with van der Waals surface area (Å²) in [5.74, 6) is 0.762. The topological polar surface area (TPSA) is 94.5 Å². The van der Waals surface area contributed by atoms with Gasteiger partial charge < -0.3 is 5.11 Å². The van der Waals surface area contributed by atoms with Crippen LogP contribution in [-0.2, 0) is 19.4 Å². The smallest absolute Gasteiger partial charge is 0.158 e. The van der Waals surface area contributed by atoms with Crippen LogP contribution in [-0.4, -0.2) is 46.4 Å². The maximum Gasteiger partial charge on any atom is 0.158 e. The van der Waals surface area contributed by atoms with Gasteiger partial charge in [0.05, 0.1) is 17.5 Å². The third-order valence-corrected chi connectivity index (χ3v) is 4.09. The molecular weight excluding hydrogens is 318 g/mol. The van der Waals surface area contributed by atoms with E-state index in [1.54, 1.807) is 9.36 Å². The number of rotatable bonds is 6. The number of aliphatic hydroxyl groups is 1. The fourth-order valence-corrected chi connectivity index (χ4v) is 2.39. The van der Waals surface area contributed by atoms with E-state index in [4.69, 9.17) is 0 Å². The summed E-state index contributed by atoms with van der Waals surface area (Å²) in [6.07, 6.45) is 2.53. The molecule has 2 aromatic heterocycles. The third-order valence-electron chi connectivity index (χ3n) is 4.09. The maximum absolute atomic E-state index is 10.2. The van der Waals surface area contributed by atoms with E-state index in [0.29, 0.717) is 19.4 Å². The Labute approximate surface area is 146 Å². The van der Waals surface area contributed by atoms with E-state index in [2.05, 4.69) is 25.8 Å². The highest BCUT2D eigenvalue weighted by Gasteiger charge is 2.23. The molecule has 0 saturated carbocycles. The second-order valence-electron chi connectivity index (χ2n) is 7.15. The van der Waals surface area contributed by atoms with Crippen LogP contribution in [0.25, 0.3) is 5.69 Å². The van der Waals surface area contributed by atoms with Crippen molar-refractivity contribution in [1.29, 1.82) is 0 Å². The third kappa shape index (κ3) is 4.27. The molecule has 1 unspecified atom stereocenters. The molecule has 0 bridgehead atoms. The summed E-state index contributed by atoms with van der Waals surface area (Å²) in [5.41, 5.74) is 1.53. The molecule has 1 atom stereocenters. The highest BCUT2D eigenvalue weighted by atomic mass is 16.3. The van der Waals surface area contributed by atoms with Crippen molar-refractivity contribution in [3.05, 3.63) is 48.0 Å². The largest absolute Gasteiger partial charge is 0.392 e. The molecule has 0 saturated heterocycles. The number of aryl methyl sites for hydroxylation is 2. The Kier molecular flexibility index (Phi) is 4.89. The minimum Gasteiger partial charge on any atom is -0.392 e. The summed E-state index contributed by atoms with van der Waals surface area (Å²) >= 11 is 0. The fraction of sp³-hybridized carbons (Fsp3) is 0.471. The average molecular weight is 341 g/mol. The monoisotopic (exact) mass is 341 g/mol. The minimum atomic E-state index is -0.456. The second kappa shape index (κ2) is 7.10. The molecular formula is C17H23N7O. The summed E-state index contributed by atoms with van der Waals surface area (Å²) in [6, 6.07) is 9.77. The molecule has 8 nitrogen and oxygen atoms in total. The van der Waals surface area contributed by atoms with Crippen LogP contribution in [0.4, 0.5) is 0 Å². The molecule has 2 heterocycles. The summed E-state index contributed by atoms with van der Waals surface area (Å²) < 4.78 is 3.48. The SMILES string of the molecule is CC(C)(C)C(O)Cc1cn(CCc2nnnn2-c2ccccc2)nn1. The van der Waals surface area contributed by atoms with E-state index in [1.807, 2.05) is 57.3 Å². The van der Waals surface area contributed by atoms with Gasteiger partial charge in [0, 0.05) is 25.6 Å². The van der Waals surface area contributed by atoms with Crippen molar-refractivity contribution >= 4 is 0 Å². The van der Waals surface area contributed by atoms with Crippen LogP contribution in [0.15, 0.2) is 36.5 Å². The van der Waals surface area contributed by atoms with Gasteiger partial charge in [-0.05, 0) is 28.0 Å². The number of hydrogen-bond acceptors (Lipinski definition) is 6. The first-order valence-electron chi connectivity index (χ1n) is 8.33. The summed E-state index contributed by atoms with van der Waals surface area (Å²) in [7, 11) is 0. The van der Waals surface area contributed by atoms with Crippen LogP contribution < -0.4 is 0 Å². The number of aromatic nitrogens is 7. The normalized spacial score (nSPS) is 13.1. The van der Waals surface area contributed by atoms with Crippen LogP contribution >= 0.6 is 0 Å². The van der Waals surface area contributed by atoms with Crippen molar-refractivity contribution in [2.45, 2.75) is 46.3 Å². The van der Waals surface area contributed by atoms with E-state index in [9.17, 15) is 5.11 Å². The van der Waals surface area contributed by atoms with E-state index >= 15 is 0 Å². The summed E-state index contributed by atoms with van der Waals surface area (Å²) in [6.45, 7) is 6.63. The molecule has 1 N–H and O–H groups in total. The maximum atomic E-state index is 10.2. The van der Waals surface area contributed by atoms with Crippen molar-refractivity contribution in [3.63, 3.8) is 0 Å². The zero-order valence-electron chi connectivity index (χ0n) is 14.7. The molecule has 3 aromatic rings. The lowest BCUT2D eigenvalue weighted by Crippen LogP contribution is -2.28. The molecule has 0 aliphatic rings. The average Bonchev–Trinajstić information content (AvgIpc) is 3.22. The number of para-hydroxylation sites is 1. The van der Waals surface area contributed by atoms with E-state index in [0.717, 1.165) is 17.2 Å². The molecule has 0 radical (unpaired) electrons. The molecule has 0 aliphatic carbocycles. The molecule has 0 spiro atoms. The Morgan fingerprint density at radius 3 is 2.56 bits per heavy atom. The molecule has 25 heavy (non-hydrogen) atoms. The standard InChI is InChI=1S/C17H23N7O/c1-17(2,3)15(25)11-13-12-23(21-18-13)10-9-16-19-20-22-24(16)14-7-5-4-6-8-14/h4-8,12,15,25H,9-11H2,1-3H3. The second-order valence-corrected chi connectivity index (χ2v) is 7.15. The Hall–Kier alpha value is -2.61. The lowest BCUT2D eigenvalue weighted by molar-refractivity contribution is 0.0627. The molecule has 0 amide bonds. The molecule has 1 aromatic carbocycles. The van der Waals surface area contributed by atoms with Gasteiger partial charge in [0.1, 0.15) is 0 Å². The lowest BCUT2D eigenvalue weighted by atomic mass is 9.87. The van der Waals surface area contributed by atoms with Gasteiger partial charge in [-0.3, -0.25) is 4.68 Å². The lowest BCUT2D eigenvalue weighted by Gasteiger charge is -2.24. The van der Waals surface area contributed by atoms with Crippen molar-refractivity contribution < 1.29 is 5.11 Å². The van der Waals surface area contributed by atoms with Crippen LogP contribution in [0.3, 0.4) is 0 Å². The highest BCUT2D eigenvalue weighted by Crippen LogP contribution is 2.21. The van der Waals surface area contributed by atoms with E-state index in [-0.39, 0.29) is 5.41 Å². The quantitative estimate of drug-likeness (QED) is 0.729. The van der Waals surface area contributed by atoms with Gasteiger partial charge in [-0.1, -0.05) is 44.2 Å². The van der Waals surface area contributed by atoms with Gasteiger partial charge in [0.2, 0.25) is 0 Å². The molecule has 8 heteroatoms. The van der Waals surface area contributed by atoms with Crippen molar-refractivity contribution in [2.75, 3.05) is 0 Å². The number of hydrogen-bond donors (Lipinski definition) is 1. The van der Waals surface area contributed by atoms with Crippen molar-refractivity contribution in [1.82, 2.24) is 35.2 Å². The molecule has 0 aliphatic heterocycles. The number of tetrazole rings is 1. The van der Waals surface area contributed by atoms with Gasteiger partial charge in [-0.15, -0.1) is 10.2 Å². The summed E-state index contributed by atoms with van der Waals surface area (Å²) in [5, 5.41) is 30.4. The van der Waals surface area contributed by atoms with Crippen LogP contribution in [0.2, 0.25) is 0 Å². The van der Waals surface area contributed by atoms with E-state index in [1.165, 1.54) is 0 Å². The van der Waals surface area contributed by atoms with Crippen LogP contribution in [0.1, 0.15) is 32.3 Å². The van der Waals surface area contributed by atoms with Crippen molar-refractivity contribution in [3.8, 4) is 5.69 Å². The predicted octanol–water partition coefficient (Wildman–Crippen LogP) is 1.45. The van der Waals surface area contributed by atoms with Crippen LogP contribution in [0, 0.1) is 5.41 Å². The molecule has 132 valence electrons.